The molecular formula is C51H35N4OP. The number of fused-ring (bicyclic) bond motifs is 3. The van der Waals surface area contributed by atoms with Gasteiger partial charge in [0.15, 0.2) is 18.8 Å². The van der Waals surface area contributed by atoms with Gasteiger partial charge in [-0.15, -0.1) is 0 Å². The van der Waals surface area contributed by atoms with Crippen LogP contribution in [0.5, 0.6) is 0 Å². The van der Waals surface area contributed by atoms with E-state index in [1.165, 1.54) is 0 Å². The number of rotatable bonds is 8. The van der Waals surface area contributed by atoms with Crippen LogP contribution in [0.3, 0.4) is 0 Å². The van der Waals surface area contributed by atoms with E-state index >= 15 is 4.57 Å². The zero-order chi connectivity index (χ0) is 38.2. The lowest BCUT2D eigenvalue weighted by atomic mass is 10.0. The number of para-hydroxylation sites is 1. The van der Waals surface area contributed by atoms with Crippen LogP contribution in [-0.2, 0) is 4.57 Å². The van der Waals surface area contributed by atoms with Crippen molar-refractivity contribution in [1.82, 2.24) is 19.5 Å². The van der Waals surface area contributed by atoms with Crippen molar-refractivity contribution in [2.24, 2.45) is 0 Å². The van der Waals surface area contributed by atoms with Crippen LogP contribution in [0.2, 0.25) is 0 Å². The molecule has 0 N–H and O–H groups in total. The molecule has 6 heteroatoms. The van der Waals surface area contributed by atoms with Crippen molar-refractivity contribution >= 4 is 44.9 Å². The van der Waals surface area contributed by atoms with Gasteiger partial charge in [0.2, 0.25) is 5.95 Å². The Bertz CT molecular complexity index is 2910. The SMILES string of the molecule is O=P(c1ccccc1)(c1ccccc1)c1ccc2c(c1)c1ccccc1n2-c1nc(-c2ccc(-c3ccccc3)cc2)nc(-c2ccc(-c3ccccc3)cc2)n1. The molecule has 0 spiro atoms. The zero-order valence-corrected chi connectivity index (χ0v) is 31.7. The molecule has 0 atom stereocenters. The summed E-state index contributed by atoms with van der Waals surface area (Å²) in [6.07, 6.45) is 0. The second-order valence-corrected chi connectivity index (χ2v) is 16.8. The molecule has 0 unspecified atom stereocenters. The fourth-order valence-electron chi connectivity index (χ4n) is 7.70. The fraction of sp³-hybridized carbons (Fsp3) is 0. The molecule has 10 aromatic rings. The van der Waals surface area contributed by atoms with Gasteiger partial charge in [0.25, 0.3) is 0 Å². The van der Waals surface area contributed by atoms with E-state index in [0.717, 1.165) is 71.1 Å². The zero-order valence-electron chi connectivity index (χ0n) is 30.9. The molecule has 10 rings (SSSR count). The number of aromatic nitrogens is 4. The number of hydrogen-bond acceptors (Lipinski definition) is 4. The third-order valence-corrected chi connectivity index (χ3v) is 13.6. The van der Waals surface area contributed by atoms with Crippen LogP contribution in [0.15, 0.2) is 212 Å². The lowest BCUT2D eigenvalue weighted by Gasteiger charge is -2.20. The predicted octanol–water partition coefficient (Wildman–Crippen LogP) is 11.3. The van der Waals surface area contributed by atoms with Gasteiger partial charge in [0.05, 0.1) is 11.0 Å². The second kappa shape index (κ2) is 14.5. The largest absolute Gasteiger partial charge is 0.309 e. The molecule has 0 aliphatic carbocycles. The number of hydrogen-bond donors (Lipinski definition) is 0. The maximum Gasteiger partial charge on any atom is 0.238 e. The first kappa shape index (κ1) is 34.3. The first-order valence-electron chi connectivity index (χ1n) is 19.0. The Morgan fingerprint density at radius 1 is 0.333 bits per heavy atom. The summed E-state index contributed by atoms with van der Waals surface area (Å²) in [5.74, 6) is 1.64. The van der Waals surface area contributed by atoms with Crippen LogP contribution in [0.4, 0.5) is 0 Å². The van der Waals surface area contributed by atoms with Gasteiger partial charge in [-0.2, -0.15) is 9.97 Å². The van der Waals surface area contributed by atoms with Crippen LogP contribution in [-0.4, -0.2) is 19.5 Å². The van der Waals surface area contributed by atoms with Crippen LogP contribution >= 0.6 is 7.14 Å². The summed E-state index contributed by atoms with van der Waals surface area (Å²) in [7, 11) is -3.22. The molecule has 270 valence electrons. The van der Waals surface area contributed by atoms with Gasteiger partial charge >= 0.3 is 0 Å². The molecule has 0 saturated heterocycles. The van der Waals surface area contributed by atoms with Gasteiger partial charge < -0.3 is 4.57 Å². The normalized spacial score (nSPS) is 11.6. The minimum absolute atomic E-state index is 0.502. The third-order valence-electron chi connectivity index (χ3n) is 10.6. The minimum atomic E-state index is -3.22. The number of benzene rings is 8. The van der Waals surface area contributed by atoms with Gasteiger partial charge in [-0.25, -0.2) is 4.98 Å². The van der Waals surface area contributed by atoms with Crippen molar-refractivity contribution < 1.29 is 4.57 Å². The van der Waals surface area contributed by atoms with Crippen LogP contribution in [0, 0.1) is 0 Å². The number of nitrogens with zero attached hydrogens (tertiary/aromatic N) is 4. The van der Waals surface area contributed by atoms with E-state index in [1.807, 2.05) is 115 Å². The first-order chi connectivity index (χ1) is 28.1. The average Bonchev–Trinajstić information content (AvgIpc) is 3.64. The highest BCUT2D eigenvalue weighted by atomic mass is 31.2. The van der Waals surface area contributed by atoms with Gasteiger partial charge in [0.1, 0.15) is 0 Å². The van der Waals surface area contributed by atoms with Gasteiger partial charge in [-0.3, -0.25) is 4.57 Å². The molecule has 2 heterocycles. The van der Waals surface area contributed by atoms with E-state index in [2.05, 4.69) is 102 Å². The summed E-state index contributed by atoms with van der Waals surface area (Å²) in [6, 6.07) is 71.5. The highest BCUT2D eigenvalue weighted by Gasteiger charge is 2.30. The Labute approximate surface area is 331 Å². The van der Waals surface area contributed by atoms with Crippen LogP contribution in [0.25, 0.3) is 72.8 Å². The highest BCUT2D eigenvalue weighted by molar-refractivity contribution is 7.85. The Morgan fingerprint density at radius 3 is 1.25 bits per heavy atom. The van der Waals surface area contributed by atoms with Gasteiger partial charge in [0, 0.05) is 37.8 Å². The smallest absolute Gasteiger partial charge is 0.238 e. The highest BCUT2D eigenvalue weighted by Crippen LogP contribution is 2.44. The Balaban J connectivity index is 1.16. The first-order valence-corrected chi connectivity index (χ1v) is 20.7. The fourth-order valence-corrected chi connectivity index (χ4v) is 10.4. The molecule has 8 aromatic carbocycles. The topological polar surface area (TPSA) is 60.7 Å². The van der Waals surface area contributed by atoms with E-state index in [9.17, 15) is 0 Å². The summed E-state index contributed by atoms with van der Waals surface area (Å²) >= 11 is 0. The maximum atomic E-state index is 15.5. The molecule has 5 nitrogen and oxygen atoms in total. The predicted molar refractivity (Wildman–Crippen MR) is 235 cm³/mol. The molecule has 0 saturated carbocycles. The molecule has 57 heavy (non-hydrogen) atoms. The second-order valence-electron chi connectivity index (χ2n) is 14.0. The molecule has 0 radical (unpaired) electrons. The van der Waals surface area contributed by atoms with E-state index in [1.54, 1.807) is 0 Å². The molecule has 0 aliphatic heterocycles. The van der Waals surface area contributed by atoms with Crippen molar-refractivity contribution in [3.05, 3.63) is 212 Å². The third kappa shape index (κ3) is 6.25. The summed E-state index contributed by atoms with van der Waals surface area (Å²) in [5, 5.41) is 4.35. The summed E-state index contributed by atoms with van der Waals surface area (Å²) < 4.78 is 17.6. The quantitative estimate of drug-likeness (QED) is 0.145. The van der Waals surface area contributed by atoms with E-state index in [0.29, 0.717) is 17.6 Å². The van der Waals surface area contributed by atoms with Crippen molar-refractivity contribution in [1.29, 1.82) is 0 Å². The maximum absolute atomic E-state index is 15.5. The van der Waals surface area contributed by atoms with Gasteiger partial charge in [-0.05, 0) is 46.5 Å². The lowest BCUT2D eigenvalue weighted by Crippen LogP contribution is -2.24. The standard InChI is InChI=1S/C51H35N4OP/c56-57(42-19-9-3-10-20-42,43-21-11-4-12-22-43)44-33-34-48-46(35-44)45-23-13-14-24-47(45)55(48)51-53-49(40-29-25-38(26-30-40)36-15-5-1-6-16-36)52-50(54-51)41-31-27-39(28-32-41)37-17-7-2-8-18-37/h1-35H. The Kier molecular flexibility index (Phi) is 8.70. The van der Waals surface area contributed by atoms with Gasteiger partial charge in [-0.1, -0.05) is 188 Å². The molecule has 0 bridgehead atoms. The van der Waals surface area contributed by atoms with E-state index < -0.39 is 7.14 Å². The summed E-state index contributed by atoms with van der Waals surface area (Å²) in [6.45, 7) is 0. The van der Waals surface area contributed by atoms with Crippen molar-refractivity contribution in [2.45, 2.75) is 0 Å². The van der Waals surface area contributed by atoms with E-state index in [4.69, 9.17) is 15.0 Å². The van der Waals surface area contributed by atoms with Crippen molar-refractivity contribution in [2.75, 3.05) is 0 Å². The molecular weight excluding hydrogens is 716 g/mol. The van der Waals surface area contributed by atoms with Crippen LogP contribution < -0.4 is 15.9 Å². The lowest BCUT2D eigenvalue weighted by molar-refractivity contribution is 0.592. The van der Waals surface area contributed by atoms with E-state index in [-0.39, 0.29) is 0 Å². The average molecular weight is 751 g/mol. The van der Waals surface area contributed by atoms with Crippen LogP contribution in [0.1, 0.15) is 0 Å². The molecule has 0 fully saturated rings. The Hall–Kier alpha value is -7.20. The molecule has 0 amide bonds. The summed E-state index contributed by atoms with van der Waals surface area (Å²) in [4.78, 5) is 15.5. The minimum Gasteiger partial charge on any atom is -0.309 e. The molecule has 2 aromatic heterocycles. The summed E-state index contributed by atoms with van der Waals surface area (Å²) in [5.41, 5.74) is 8.15. The van der Waals surface area contributed by atoms with Crippen molar-refractivity contribution in [3.63, 3.8) is 0 Å². The monoisotopic (exact) mass is 750 g/mol. The Morgan fingerprint density at radius 2 is 0.737 bits per heavy atom. The van der Waals surface area contributed by atoms with Crippen molar-refractivity contribution in [3.8, 4) is 51.0 Å². The molecule has 0 aliphatic rings.